The van der Waals surface area contributed by atoms with Crippen LogP contribution in [-0.2, 0) is 13.2 Å². The summed E-state index contributed by atoms with van der Waals surface area (Å²) in [6.45, 7) is 0.864. The smallest absolute Gasteiger partial charge is 0.335 e. The van der Waals surface area contributed by atoms with Crippen molar-refractivity contribution < 1.29 is 19.6 Å². The Kier molecular flexibility index (Phi) is 5.86. The van der Waals surface area contributed by atoms with E-state index in [0.717, 1.165) is 16.8 Å². The molecule has 0 saturated carbocycles. The zero-order valence-electron chi connectivity index (χ0n) is 14.9. The molecule has 28 heavy (non-hydrogen) atoms. The summed E-state index contributed by atoms with van der Waals surface area (Å²) in [7, 11) is 0. The summed E-state index contributed by atoms with van der Waals surface area (Å²) in [6, 6.07) is 20.4. The van der Waals surface area contributed by atoms with Gasteiger partial charge in [0.2, 0.25) is 0 Å². The van der Waals surface area contributed by atoms with E-state index in [1.165, 1.54) is 12.1 Å². The molecule has 7 nitrogen and oxygen atoms in total. The van der Waals surface area contributed by atoms with Crippen molar-refractivity contribution in [3.63, 3.8) is 0 Å². The van der Waals surface area contributed by atoms with Crippen LogP contribution in [0.3, 0.4) is 0 Å². The van der Waals surface area contributed by atoms with Crippen molar-refractivity contribution >= 4 is 17.3 Å². The summed E-state index contributed by atoms with van der Waals surface area (Å²) >= 11 is 0. The molecule has 0 saturated heterocycles. The fourth-order valence-corrected chi connectivity index (χ4v) is 2.55. The van der Waals surface area contributed by atoms with Gasteiger partial charge in [0.15, 0.2) is 0 Å². The van der Waals surface area contributed by atoms with E-state index in [0.29, 0.717) is 18.9 Å². The number of nitrogens with zero attached hydrogens (tertiary/aromatic N) is 1. The topological polar surface area (TPSA) is 102 Å². The second kappa shape index (κ2) is 8.68. The van der Waals surface area contributed by atoms with Crippen LogP contribution in [0.25, 0.3) is 0 Å². The van der Waals surface area contributed by atoms with Crippen LogP contribution in [-0.4, -0.2) is 16.0 Å². The van der Waals surface area contributed by atoms with Crippen LogP contribution in [0, 0.1) is 10.1 Å². The zero-order valence-corrected chi connectivity index (χ0v) is 14.9. The number of rotatable bonds is 8. The highest BCUT2D eigenvalue weighted by Gasteiger charge is 2.05. The molecule has 3 rings (SSSR count). The van der Waals surface area contributed by atoms with Gasteiger partial charge < -0.3 is 15.2 Å². The Hall–Kier alpha value is -3.87. The second-order valence-corrected chi connectivity index (χ2v) is 6.10. The fraction of sp³-hybridized carbons (Fsp3) is 0.0952. The number of carbonyl (C=O) groups is 1. The maximum Gasteiger partial charge on any atom is 0.335 e. The summed E-state index contributed by atoms with van der Waals surface area (Å²) in [6.07, 6.45) is 0. The Morgan fingerprint density at radius 2 is 1.68 bits per heavy atom. The molecule has 0 aliphatic rings. The molecule has 7 heteroatoms. The van der Waals surface area contributed by atoms with Gasteiger partial charge in [0.05, 0.1) is 10.5 Å². The number of aromatic carboxylic acids is 1. The highest BCUT2D eigenvalue weighted by molar-refractivity contribution is 5.88. The Morgan fingerprint density at radius 1 is 1.00 bits per heavy atom. The molecule has 2 N–H and O–H groups in total. The van der Waals surface area contributed by atoms with Crippen molar-refractivity contribution in [2.75, 3.05) is 5.32 Å². The van der Waals surface area contributed by atoms with Gasteiger partial charge in [-0.15, -0.1) is 0 Å². The molecule has 0 atom stereocenters. The molecule has 3 aromatic rings. The standard InChI is InChI=1S/C21H18N2O5/c24-21(25)17-2-1-3-18(12-17)22-13-15-6-10-20(11-7-15)28-14-16-4-8-19(9-5-16)23(26)27/h1-12,22H,13-14H2,(H,24,25). The maximum atomic E-state index is 11.0. The second-order valence-electron chi connectivity index (χ2n) is 6.10. The summed E-state index contributed by atoms with van der Waals surface area (Å²) in [5.74, 6) is -0.270. The number of non-ortho nitro benzene ring substituents is 1. The first-order valence-corrected chi connectivity index (χ1v) is 8.53. The number of benzene rings is 3. The van der Waals surface area contributed by atoms with Crippen LogP contribution < -0.4 is 10.1 Å². The minimum atomic E-state index is -0.960. The van der Waals surface area contributed by atoms with Gasteiger partial charge in [-0.3, -0.25) is 10.1 Å². The van der Waals surface area contributed by atoms with Gasteiger partial charge in [-0.05, 0) is 53.6 Å². The van der Waals surface area contributed by atoms with Crippen molar-refractivity contribution in [3.8, 4) is 5.75 Å². The van der Waals surface area contributed by atoms with Gasteiger partial charge in [-0.1, -0.05) is 18.2 Å². The van der Waals surface area contributed by atoms with Crippen molar-refractivity contribution in [3.05, 3.63) is 99.6 Å². The molecule has 0 fully saturated rings. The van der Waals surface area contributed by atoms with Gasteiger partial charge in [0.25, 0.3) is 5.69 Å². The number of nitro groups is 1. The zero-order chi connectivity index (χ0) is 19.9. The number of hydrogen-bond donors (Lipinski definition) is 2. The van der Waals surface area contributed by atoms with Gasteiger partial charge in [-0.2, -0.15) is 0 Å². The van der Waals surface area contributed by atoms with Crippen LogP contribution in [0.2, 0.25) is 0 Å². The molecule has 0 radical (unpaired) electrons. The van der Waals surface area contributed by atoms with Gasteiger partial charge in [-0.25, -0.2) is 4.79 Å². The lowest BCUT2D eigenvalue weighted by Crippen LogP contribution is -2.02. The van der Waals surface area contributed by atoms with Gasteiger partial charge >= 0.3 is 5.97 Å². The van der Waals surface area contributed by atoms with E-state index >= 15 is 0 Å². The van der Waals surface area contributed by atoms with Crippen LogP contribution in [0.15, 0.2) is 72.8 Å². The molecule has 0 spiro atoms. The van der Waals surface area contributed by atoms with Crippen LogP contribution >= 0.6 is 0 Å². The third kappa shape index (κ3) is 5.07. The van der Waals surface area contributed by atoms with Crippen molar-refractivity contribution in [2.45, 2.75) is 13.2 Å². The Balaban J connectivity index is 1.52. The normalized spacial score (nSPS) is 10.3. The fourth-order valence-electron chi connectivity index (χ4n) is 2.55. The number of ether oxygens (including phenoxy) is 1. The van der Waals surface area contributed by atoms with Gasteiger partial charge in [0, 0.05) is 24.4 Å². The van der Waals surface area contributed by atoms with E-state index in [1.54, 1.807) is 30.3 Å². The van der Waals surface area contributed by atoms with Crippen LogP contribution in [0.1, 0.15) is 21.5 Å². The lowest BCUT2D eigenvalue weighted by atomic mass is 10.2. The monoisotopic (exact) mass is 378 g/mol. The highest BCUT2D eigenvalue weighted by atomic mass is 16.6. The minimum absolute atomic E-state index is 0.0505. The SMILES string of the molecule is O=C(O)c1cccc(NCc2ccc(OCc3ccc([N+](=O)[O-])cc3)cc2)c1. The van der Waals surface area contributed by atoms with E-state index in [9.17, 15) is 14.9 Å². The van der Waals surface area contributed by atoms with E-state index < -0.39 is 10.9 Å². The predicted molar refractivity (Wildman–Crippen MR) is 105 cm³/mol. The Bertz CT molecular complexity index is 969. The Morgan fingerprint density at radius 3 is 2.32 bits per heavy atom. The number of carboxylic acid groups (broad SMARTS) is 1. The summed E-state index contributed by atoms with van der Waals surface area (Å²) < 4.78 is 5.70. The first-order chi connectivity index (χ1) is 13.5. The molecule has 0 bridgehead atoms. The molecule has 0 aliphatic heterocycles. The largest absolute Gasteiger partial charge is 0.489 e. The summed E-state index contributed by atoms with van der Waals surface area (Å²) in [5, 5.41) is 22.9. The molecule has 0 aliphatic carbocycles. The molecule has 0 aromatic heterocycles. The molecule has 0 unspecified atom stereocenters. The quantitative estimate of drug-likeness (QED) is 0.442. The third-order valence-electron chi connectivity index (χ3n) is 4.08. The summed E-state index contributed by atoms with van der Waals surface area (Å²) in [5.41, 5.74) is 2.88. The van der Waals surface area contributed by atoms with Crippen molar-refractivity contribution in [2.24, 2.45) is 0 Å². The predicted octanol–water partition coefficient (Wildman–Crippen LogP) is 4.48. The van der Waals surface area contributed by atoms with E-state index in [4.69, 9.17) is 9.84 Å². The van der Waals surface area contributed by atoms with Crippen LogP contribution in [0.5, 0.6) is 5.75 Å². The lowest BCUT2D eigenvalue weighted by Gasteiger charge is -2.09. The van der Waals surface area contributed by atoms with E-state index in [1.807, 2.05) is 30.3 Å². The van der Waals surface area contributed by atoms with Gasteiger partial charge in [0.1, 0.15) is 12.4 Å². The van der Waals surface area contributed by atoms with E-state index in [-0.39, 0.29) is 11.3 Å². The Labute approximate surface area is 161 Å². The number of hydrogen-bond acceptors (Lipinski definition) is 5. The number of carboxylic acids is 1. The first kappa shape index (κ1) is 18.9. The molecule has 0 heterocycles. The highest BCUT2D eigenvalue weighted by Crippen LogP contribution is 2.18. The average molecular weight is 378 g/mol. The molecule has 142 valence electrons. The van der Waals surface area contributed by atoms with E-state index in [2.05, 4.69) is 5.32 Å². The van der Waals surface area contributed by atoms with Crippen molar-refractivity contribution in [1.82, 2.24) is 0 Å². The molecular formula is C21H18N2O5. The number of nitrogens with one attached hydrogen (secondary N) is 1. The maximum absolute atomic E-state index is 11.0. The molecular weight excluding hydrogens is 360 g/mol. The number of anilines is 1. The van der Waals surface area contributed by atoms with Crippen molar-refractivity contribution in [1.29, 1.82) is 0 Å². The average Bonchev–Trinajstić information content (AvgIpc) is 2.72. The minimum Gasteiger partial charge on any atom is -0.489 e. The lowest BCUT2D eigenvalue weighted by molar-refractivity contribution is -0.384. The molecule has 0 amide bonds. The number of nitro benzene ring substituents is 1. The third-order valence-corrected chi connectivity index (χ3v) is 4.08. The molecule has 3 aromatic carbocycles. The first-order valence-electron chi connectivity index (χ1n) is 8.53. The summed E-state index contributed by atoms with van der Waals surface area (Å²) in [4.78, 5) is 21.2. The van der Waals surface area contributed by atoms with Crippen LogP contribution in [0.4, 0.5) is 11.4 Å².